The van der Waals surface area contributed by atoms with Crippen molar-refractivity contribution < 1.29 is 9.59 Å². The van der Waals surface area contributed by atoms with Gasteiger partial charge in [-0.1, -0.05) is 0 Å². The predicted molar refractivity (Wildman–Crippen MR) is 63.1 cm³/mol. The first-order valence-corrected chi connectivity index (χ1v) is 5.95. The van der Waals surface area contributed by atoms with Gasteiger partial charge in [0.05, 0.1) is 6.04 Å². The molecular weight excluding hydrogens is 204 g/mol. The van der Waals surface area contributed by atoms with Gasteiger partial charge in [-0.05, 0) is 45.8 Å². The Morgan fingerprint density at radius 2 is 1.94 bits per heavy atom. The van der Waals surface area contributed by atoms with E-state index in [1.54, 1.807) is 0 Å². The monoisotopic (exact) mass is 226 g/mol. The van der Waals surface area contributed by atoms with Crippen LogP contribution in [0.1, 0.15) is 32.6 Å². The van der Waals surface area contributed by atoms with Gasteiger partial charge in [0.15, 0.2) is 0 Å². The number of rotatable bonds is 5. The molecule has 0 aliphatic carbocycles. The number of hydrogen-bond acceptors (Lipinski definition) is 4. The molecule has 0 saturated carbocycles. The number of carbonyl (C=O) groups is 2. The summed E-state index contributed by atoms with van der Waals surface area (Å²) < 4.78 is 0. The zero-order valence-electron chi connectivity index (χ0n) is 10.2. The number of carbonyl (C=O) groups excluding carboxylic acids is 2. The van der Waals surface area contributed by atoms with Gasteiger partial charge in [-0.15, -0.1) is 0 Å². The van der Waals surface area contributed by atoms with E-state index >= 15 is 0 Å². The van der Waals surface area contributed by atoms with Crippen molar-refractivity contribution in [2.75, 3.05) is 20.1 Å². The largest absolute Gasteiger partial charge is 0.321 e. The number of piperidine rings is 1. The highest BCUT2D eigenvalue weighted by Gasteiger charge is 2.23. The summed E-state index contributed by atoms with van der Waals surface area (Å²) in [5, 5.41) is 0. The molecule has 0 bridgehead atoms. The van der Waals surface area contributed by atoms with Gasteiger partial charge in [-0.25, -0.2) is 0 Å². The second-order valence-electron chi connectivity index (χ2n) is 4.93. The molecule has 1 atom stereocenters. The van der Waals surface area contributed by atoms with Gasteiger partial charge < -0.3 is 10.6 Å². The van der Waals surface area contributed by atoms with Crippen molar-refractivity contribution in [1.82, 2.24) is 4.90 Å². The molecule has 0 aromatic rings. The minimum atomic E-state index is -0.586. The minimum absolute atomic E-state index is 0.00997. The normalized spacial score (nSPS) is 20.7. The molecule has 1 heterocycles. The molecule has 4 heteroatoms. The van der Waals surface area contributed by atoms with E-state index in [-0.39, 0.29) is 18.0 Å². The van der Waals surface area contributed by atoms with Crippen LogP contribution in [0.4, 0.5) is 0 Å². The summed E-state index contributed by atoms with van der Waals surface area (Å²) >= 11 is 0. The molecule has 1 unspecified atom stereocenters. The second kappa shape index (κ2) is 6.11. The van der Waals surface area contributed by atoms with Gasteiger partial charge in [-0.2, -0.15) is 0 Å². The van der Waals surface area contributed by atoms with E-state index in [2.05, 4.69) is 11.9 Å². The first kappa shape index (κ1) is 13.3. The second-order valence-corrected chi connectivity index (χ2v) is 4.93. The third-order valence-corrected chi connectivity index (χ3v) is 3.25. The summed E-state index contributed by atoms with van der Waals surface area (Å²) in [6.45, 7) is 3.59. The zero-order valence-corrected chi connectivity index (χ0v) is 10.2. The lowest BCUT2D eigenvalue weighted by atomic mass is 9.89. The van der Waals surface area contributed by atoms with E-state index < -0.39 is 6.04 Å². The summed E-state index contributed by atoms with van der Waals surface area (Å²) in [5.74, 6) is 0.496. The van der Waals surface area contributed by atoms with Crippen LogP contribution in [0.3, 0.4) is 0 Å². The minimum Gasteiger partial charge on any atom is -0.321 e. The van der Waals surface area contributed by atoms with E-state index in [4.69, 9.17) is 5.73 Å². The molecule has 1 aliphatic rings. The van der Waals surface area contributed by atoms with Gasteiger partial charge in [-0.3, -0.25) is 9.59 Å². The van der Waals surface area contributed by atoms with Crippen molar-refractivity contribution in [3.63, 3.8) is 0 Å². The summed E-state index contributed by atoms with van der Waals surface area (Å²) in [7, 11) is 2.10. The van der Waals surface area contributed by atoms with Crippen molar-refractivity contribution in [1.29, 1.82) is 0 Å². The maximum absolute atomic E-state index is 11.7. The Hall–Kier alpha value is -0.740. The summed E-state index contributed by atoms with van der Waals surface area (Å²) in [6.07, 6.45) is 2.86. The molecule has 1 saturated heterocycles. The van der Waals surface area contributed by atoms with E-state index in [0.717, 1.165) is 25.9 Å². The lowest BCUT2D eigenvalue weighted by Gasteiger charge is -2.28. The van der Waals surface area contributed by atoms with Crippen LogP contribution in [0, 0.1) is 5.92 Å². The first-order valence-electron chi connectivity index (χ1n) is 5.95. The maximum atomic E-state index is 11.7. The number of nitrogens with two attached hydrogens (primary N) is 1. The number of Topliss-reactive ketones (excluding diaryl/α,β-unsaturated/α-hetero) is 2. The molecular formula is C12H22N2O2. The molecule has 1 rings (SSSR count). The van der Waals surface area contributed by atoms with Crippen LogP contribution in [0.2, 0.25) is 0 Å². The van der Waals surface area contributed by atoms with Crippen LogP contribution in [0.15, 0.2) is 0 Å². The molecule has 1 fully saturated rings. The van der Waals surface area contributed by atoms with Crippen LogP contribution in [0.5, 0.6) is 0 Å². The molecule has 0 aromatic carbocycles. The summed E-state index contributed by atoms with van der Waals surface area (Å²) in [4.78, 5) is 24.9. The Balaban J connectivity index is 2.31. The Bertz CT molecular complexity index is 258. The lowest BCUT2D eigenvalue weighted by Crippen LogP contribution is -2.36. The van der Waals surface area contributed by atoms with Gasteiger partial charge in [0, 0.05) is 12.8 Å². The third kappa shape index (κ3) is 4.41. The molecule has 0 radical (unpaired) electrons. The quantitative estimate of drug-likeness (QED) is 0.745. The van der Waals surface area contributed by atoms with Crippen molar-refractivity contribution in [2.24, 2.45) is 11.7 Å². The average Bonchev–Trinajstić information content (AvgIpc) is 2.20. The van der Waals surface area contributed by atoms with Crippen molar-refractivity contribution in [3.8, 4) is 0 Å². The SMILES string of the molecule is CC(=O)CC(N)C(=O)CC1CCN(C)CC1. The van der Waals surface area contributed by atoms with Crippen LogP contribution in [-0.2, 0) is 9.59 Å². The fourth-order valence-corrected chi connectivity index (χ4v) is 2.13. The molecule has 0 aromatic heterocycles. The fourth-order valence-electron chi connectivity index (χ4n) is 2.13. The maximum Gasteiger partial charge on any atom is 0.150 e. The topological polar surface area (TPSA) is 63.4 Å². The standard InChI is InChI=1S/C12H22N2O2/c1-9(15)7-11(13)12(16)8-10-3-5-14(2)6-4-10/h10-11H,3-8,13H2,1-2H3. The Morgan fingerprint density at radius 3 is 2.44 bits per heavy atom. The predicted octanol–water partition coefficient (Wildman–Crippen LogP) is 0.594. The fraction of sp³-hybridized carbons (Fsp3) is 0.833. The molecule has 92 valence electrons. The number of ketones is 2. The number of nitrogens with zero attached hydrogens (tertiary/aromatic N) is 1. The van der Waals surface area contributed by atoms with Gasteiger partial charge >= 0.3 is 0 Å². The Labute approximate surface area is 97.2 Å². The van der Waals surface area contributed by atoms with Crippen LogP contribution >= 0.6 is 0 Å². The lowest BCUT2D eigenvalue weighted by molar-refractivity contribution is -0.125. The molecule has 0 amide bonds. The third-order valence-electron chi connectivity index (χ3n) is 3.25. The van der Waals surface area contributed by atoms with Crippen LogP contribution in [0.25, 0.3) is 0 Å². The van der Waals surface area contributed by atoms with Gasteiger partial charge in [0.25, 0.3) is 0 Å². The van der Waals surface area contributed by atoms with E-state index in [9.17, 15) is 9.59 Å². The van der Waals surface area contributed by atoms with Crippen LogP contribution < -0.4 is 5.73 Å². The molecule has 16 heavy (non-hydrogen) atoms. The molecule has 2 N–H and O–H groups in total. The van der Waals surface area contributed by atoms with E-state index in [0.29, 0.717) is 12.3 Å². The number of likely N-dealkylation sites (tertiary alicyclic amines) is 1. The highest BCUT2D eigenvalue weighted by Crippen LogP contribution is 2.20. The highest BCUT2D eigenvalue weighted by molar-refractivity contribution is 5.89. The number of hydrogen-bond donors (Lipinski definition) is 1. The van der Waals surface area contributed by atoms with Gasteiger partial charge in [0.2, 0.25) is 0 Å². The smallest absolute Gasteiger partial charge is 0.150 e. The average molecular weight is 226 g/mol. The van der Waals surface area contributed by atoms with Crippen molar-refractivity contribution in [2.45, 2.75) is 38.6 Å². The Morgan fingerprint density at radius 1 is 1.38 bits per heavy atom. The molecule has 1 aliphatic heterocycles. The molecule has 0 spiro atoms. The first-order chi connectivity index (χ1) is 7.49. The molecule has 4 nitrogen and oxygen atoms in total. The van der Waals surface area contributed by atoms with Crippen molar-refractivity contribution >= 4 is 11.6 Å². The zero-order chi connectivity index (χ0) is 12.1. The van der Waals surface area contributed by atoms with E-state index in [1.807, 2.05) is 0 Å². The van der Waals surface area contributed by atoms with Gasteiger partial charge in [0.1, 0.15) is 11.6 Å². The Kier molecular flexibility index (Phi) is 5.09. The van der Waals surface area contributed by atoms with Crippen LogP contribution in [-0.4, -0.2) is 42.6 Å². The van der Waals surface area contributed by atoms with E-state index in [1.165, 1.54) is 6.92 Å². The van der Waals surface area contributed by atoms with Crippen molar-refractivity contribution in [3.05, 3.63) is 0 Å². The summed E-state index contributed by atoms with van der Waals surface area (Å²) in [5.41, 5.74) is 5.68. The summed E-state index contributed by atoms with van der Waals surface area (Å²) in [6, 6.07) is -0.586. The highest BCUT2D eigenvalue weighted by atomic mass is 16.1.